The molecule has 2 bridgehead atoms. The molecule has 0 aromatic heterocycles. The first-order valence-corrected chi connectivity index (χ1v) is 8.87. The molecule has 3 rings (SSSR count). The SMILES string of the molecule is COc1ccc(C(=O)CCCC(=O)N2CCC3CCC(C2)N3)cc1.Cl. The number of fused-ring (bicyclic) bond motifs is 2. The molecule has 0 aliphatic carbocycles. The maximum absolute atomic E-state index is 12.4. The average Bonchev–Trinajstić information content (AvgIpc) is 2.93. The number of ketones is 1. The standard InChI is InChI=1S/C19H26N2O3.ClH/c1-24-17-9-5-14(6-10-17)18(22)3-2-4-19(23)21-12-11-15-7-8-16(13-21)20-15;/h5-6,9-10,15-16,20H,2-4,7-8,11-13H2,1H3;1H. The van der Waals surface area contributed by atoms with Gasteiger partial charge in [-0.1, -0.05) is 0 Å². The molecule has 0 spiro atoms. The Morgan fingerprint density at radius 1 is 1.12 bits per heavy atom. The Morgan fingerprint density at radius 3 is 2.56 bits per heavy atom. The van der Waals surface area contributed by atoms with Crippen molar-refractivity contribution in [2.45, 2.75) is 50.6 Å². The summed E-state index contributed by atoms with van der Waals surface area (Å²) in [5.74, 6) is 1.01. The first-order valence-electron chi connectivity index (χ1n) is 8.87. The number of carbonyl (C=O) groups excluding carboxylic acids is 2. The number of carbonyl (C=O) groups is 2. The monoisotopic (exact) mass is 366 g/mol. The van der Waals surface area contributed by atoms with Crippen LogP contribution in [0.3, 0.4) is 0 Å². The summed E-state index contributed by atoms with van der Waals surface area (Å²) < 4.78 is 5.09. The van der Waals surface area contributed by atoms with Gasteiger partial charge in [0.1, 0.15) is 5.75 Å². The van der Waals surface area contributed by atoms with E-state index in [1.807, 2.05) is 4.90 Å². The van der Waals surface area contributed by atoms with Crippen molar-refractivity contribution in [2.24, 2.45) is 0 Å². The fourth-order valence-corrected chi connectivity index (χ4v) is 3.65. The summed E-state index contributed by atoms with van der Waals surface area (Å²) in [5.41, 5.74) is 0.680. The van der Waals surface area contributed by atoms with Crippen molar-refractivity contribution in [1.29, 1.82) is 0 Å². The van der Waals surface area contributed by atoms with Gasteiger partial charge in [-0.3, -0.25) is 9.59 Å². The van der Waals surface area contributed by atoms with Crippen molar-refractivity contribution in [3.63, 3.8) is 0 Å². The van der Waals surface area contributed by atoms with Crippen molar-refractivity contribution in [3.8, 4) is 5.75 Å². The van der Waals surface area contributed by atoms with E-state index in [0.717, 1.165) is 25.3 Å². The summed E-state index contributed by atoms with van der Waals surface area (Å²) >= 11 is 0. The molecule has 1 amide bonds. The summed E-state index contributed by atoms with van der Waals surface area (Å²) in [7, 11) is 1.60. The predicted octanol–water partition coefficient (Wildman–Crippen LogP) is 2.82. The Labute approximate surface area is 155 Å². The number of ether oxygens (including phenoxy) is 1. The highest BCUT2D eigenvalue weighted by molar-refractivity contribution is 5.96. The van der Waals surface area contributed by atoms with Gasteiger partial charge in [0.05, 0.1) is 7.11 Å². The lowest BCUT2D eigenvalue weighted by molar-refractivity contribution is -0.131. The van der Waals surface area contributed by atoms with Crippen LogP contribution in [0.1, 0.15) is 48.9 Å². The molecule has 2 heterocycles. The molecule has 6 heteroatoms. The van der Waals surface area contributed by atoms with Crippen LogP contribution in [-0.2, 0) is 4.79 Å². The van der Waals surface area contributed by atoms with Crippen molar-refractivity contribution >= 4 is 24.1 Å². The minimum Gasteiger partial charge on any atom is -0.497 e. The zero-order valence-electron chi connectivity index (χ0n) is 14.7. The lowest BCUT2D eigenvalue weighted by atomic mass is 10.0. The Kier molecular flexibility index (Phi) is 7.26. The highest BCUT2D eigenvalue weighted by atomic mass is 35.5. The van der Waals surface area contributed by atoms with Crippen molar-refractivity contribution in [3.05, 3.63) is 29.8 Å². The molecule has 0 radical (unpaired) electrons. The number of amides is 1. The molecule has 1 N–H and O–H groups in total. The molecule has 1 aromatic rings. The maximum atomic E-state index is 12.4. The molecule has 2 unspecified atom stereocenters. The third-order valence-corrected chi connectivity index (χ3v) is 5.08. The second kappa shape index (κ2) is 9.20. The van der Waals surface area contributed by atoms with Gasteiger partial charge in [-0.25, -0.2) is 0 Å². The van der Waals surface area contributed by atoms with Crippen LogP contribution in [0.25, 0.3) is 0 Å². The number of Topliss-reactive ketones (excluding diaryl/α,β-unsaturated/α-hetero) is 1. The van der Waals surface area contributed by atoms with E-state index in [9.17, 15) is 9.59 Å². The van der Waals surface area contributed by atoms with E-state index in [2.05, 4.69) is 5.32 Å². The molecule has 0 saturated carbocycles. The quantitative estimate of drug-likeness (QED) is 0.786. The Bertz CT molecular complexity index is 591. The van der Waals surface area contributed by atoms with Gasteiger partial charge < -0.3 is 15.0 Å². The van der Waals surface area contributed by atoms with Crippen LogP contribution in [0.15, 0.2) is 24.3 Å². The zero-order chi connectivity index (χ0) is 16.9. The van der Waals surface area contributed by atoms with Crippen molar-refractivity contribution < 1.29 is 14.3 Å². The van der Waals surface area contributed by atoms with Crippen LogP contribution in [0.2, 0.25) is 0 Å². The third kappa shape index (κ3) is 5.19. The van der Waals surface area contributed by atoms with Gasteiger partial charge in [-0.05, 0) is 49.9 Å². The van der Waals surface area contributed by atoms with Gasteiger partial charge in [0.2, 0.25) is 5.91 Å². The number of halogens is 1. The second-order valence-corrected chi connectivity index (χ2v) is 6.77. The number of hydrogen-bond acceptors (Lipinski definition) is 4. The van der Waals surface area contributed by atoms with Crippen LogP contribution in [0, 0.1) is 0 Å². The molecular formula is C19H27ClN2O3. The fraction of sp³-hybridized carbons (Fsp3) is 0.579. The number of likely N-dealkylation sites (tertiary alicyclic amines) is 1. The van der Waals surface area contributed by atoms with Crippen LogP contribution in [0.5, 0.6) is 5.75 Å². The molecule has 2 aliphatic rings. The van der Waals surface area contributed by atoms with Crippen molar-refractivity contribution in [2.75, 3.05) is 20.2 Å². The minimum absolute atomic E-state index is 0. The van der Waals surface area contributed by atoms with E-state index in [4.69, 9.17) is 4.74 Å². The van der Waals surface area contributed by atoms with Gasteiger partial charge in [0.25, 0.3) is 0 Å². The van der Waals surface area contributed by atoms with Gasteiger partial charge >= 0.3 is 0 Å². The van der Waals surface area contributed by atoms with Crippen LogP contribution in [-0.4, -0.2) is 48.9 Å². The summed E-state index contributed by atoms with van der Waals surface area (Å²) in [6.45, 7) is 1.67. The molecule has 138 valence electrons. The largest absolute Gasteiger partial charge is 0.497 e. The molecule has 1 aromatic carbocycles. The summed E-state index contributed by atoms with van der Waals surface area (Å²) in [6, 6.07) is 8.18. The summed E-state index contributed by atoms with van der Waals surface area (Å²) in [4.78, 5) is 26.6. The van der Waals surface area contributed by atoms with E-state index >= 15 is 0 Å². The van der Waals surface area contributed by atoms with E-state index in [1.54, 1.807) is 31.4 Å². The van der Waals surface area contributed by atoms with E-state index < -0.39 is 0 Å². The van der Waals surface area contributed by atoms with Gasteiger partial charge in [0, 0.05) is 43.6 Å². The number of nitrogens with zero attached hydrogens (tertiary/aromatic N) is 1. The number of benzene rings is 1. The molecule has 2 aliphatic heterocycles. The molecule has 25 heavy (non-hydrogen) atoms. The minimum atomic E-state index is 0. The lowest BCUT2D eigenvalue weighted by Gasteiger charge is -2.24. The summed E-state index contributed by atoms with van der Waals surface area (Å²) in [5, 5.41) is 3.58. The number of hydrogen-bond donors (Lipinski definition) is 1. The molecular weight excluding hydrogens is 340 g/mol. The fourth-order valence-electron chi connectivity index (χ4n) is 3.65. The first kappa shape index (κ1) is 19.7. The van der Waals surface area contributed by atoms with Crippen molar-refractivity contribution in [1.82, 2.24) is 10.2 Å². The molecule has 5 nitrogen and oxygen atoms in total. The number of nitrogens with one attached hydrogen (secondary N) is 1. The van der Waals surface area contributed by atoms with Gasteiger partial charge in [0.15, 0.2) is 5.78 Å². The predicted molar refractivity (Wildman–Crippen MR) is 99.6 cm³/mol. The second-order valence-electron chi connectivity index (χ2n) is 6.77. The maximum Gasteiger partial charge on any atom is 0.222 e. The third-order valence-electron chi connectivity index (χ3n) is 5.08. The highest BCUT2D eigenvalue weighted by Crippen LogP contribution is 2.21. The lowest BCUT2D eigenvalue weighted by Crippen LogP contribution is -2.38. The van der Waals surface area contributed by atoms with E-state index in [0.29, 0.717) is 36.9 Å². The van der Waals surface area contributed by atoms with Crippen LogP contribution < -0.4 is 10.1 Å². The molecule has 2 fully saturated rings. The topological polar surface area (TPSA) is 58.6 Å². The molecule has 2 atom stereocenters. The highest BCUT2D eigenvalue weighted by Gasteiger charge is 2.30. The average molecular weight is 367 g/mol. The Morgan fingerprint density at radius 2 is 1.84 bits per heavy atom. The van der Waals surface area contributed by atoms with E-state index in [1.165, 1.54) is 12.8 Å². The molecule has 2 saturated heterocycles. The summed E-state index contributed by atoms with van der Waals surface area (Å²) in [6.07, 6.45) is 4.94. The van der Waals surface area contributed by atoms with E-state index in [-0.39, 0.29) is 24.1 Å². The normalized spacial score (nSPS) is 22.0. The smallest absolute Gasteiger partial charge is 0.222 e. The Balaban J connectivity index is 0.00000225. The number of rotatable bonds is 6. The number of methoxy groups -OCH3 is 1. The van der Waals surface area contributed by atoms with Crippen LogP contribution >= 0.6 is 12.4 Å². The van der Waals surface area contributed by atoms with Gasteiger partial charge in [-0.2, -0.15) is 0 Å². The first-order chi connectivity index (χ1) is 11.7. The van der Waals surface area contributed by atoms with Gasteiger partial charge in [-0.15, -0.1) is 12.4 Å². The zero-order valence-corrected chi connectivity index (χ0v) is 15.5. The van der Waals surface area contributed by atoms with Crippen LogP contribution in [0.4, 0.5) is 0 Å². The Hall–Kier alpha value is -1.59.